The van der Waals surface area contributed by atoms with Crippen LogP contribution in [0.2, 0.25) is 0 Å². The molecular formula is C18H21N7. The van der Waals surface area contributed by atoms with Gasteiger partial charge in [-0.3, -0.25) is 0 Å². The number of hydrogen-bond acceptors (Lipinski definition) is 6. The molecule has 0 radical (unpaired) electrons. The van der Waals surface area contributed by atoms with Gasteiger partial charge in [-0.05, 0) is 37.8 Å². The molecule has 0 saturated carbocycles. The Morgan fingerprint density at radius 3 is 2.92 bits per heavy atom. The SMILES string of the molecule is Cc1cc(N(C)C2CN(c3cc4c(nn3)CCC4)C2)n2nccc2n1. The van der Waals surface area contributed by atoms with Gasteiger partial charge in [-0.15, -0.1) is 5.10 Å². The largest absolute Gasteiger partial charge is 0.353 e. The third kappa shape index (κ3) is 2.33. The Hall–Kier alpha value is -2.70. The van der Waals surface area contributed by atoms with E-state index in [-0.39, 0.29) is 0 Å². The average Bonchev–Trinajstić information content (AvgIpc) is 3.20. The molecule has 0 N–H and O–H groups in total. The van der Waals surface area contributed by atoms with Gasteiger partial charge in [0.2, 0.25) is 0 Å². The summed E-state index contributed by atoms with van der Waals surface area (Å²) in [5, 5.41) is 13.2. The smallest absolute Gasteiger partial charge is 0.157 e. The molecule has 128 valence electrons. The van der Waals surface area contributed by atoms with Crippen LogP contribution in [0.25, 0.3) is 5.65 Å². The molecule has 0 atom stereocenters. The number of nitrogens with zero attached hydrogens (tertiary/aromatic N) is 7. The fraction of sp³-hybridized carbons (Fsp3) is 0.444. The minimum Gasteiger partial charge on any atom is -0.353 e. The Bertz CT molecular complexity index is 942. The second-order valence-corrected chi connectivity index (χ2v) is 7.05. The zero-order valence-corrected chi connectivity index (χ0v) is 14.6. The maximum absolute atomic E-state index is 4.52. The van der Waals surface area contributed by atoms with Gasteiger partial charge in [0.1, 0.15) is 5.82 Å². The molecule has 3 aromatic heterocycles. The van der Waals surface area contributed by atoms with Gasteiger partial charge in [0.25, 0.3) is 0 Å². The van der Waals surface area contributed by atoms with Gasteiger partial charge >= 0.3 is 0 Å². The highest BCUT2D eigenvalue weighted by Gasteiger charge is 2.33. The monoisotopic (exact) mass is 335 g/mol. The first-order chi connectivity index (χ1) is 12.2. The third-order valence-corrected chi connectivity index (χ3v) is 5.37. The van der Waals surface area contributed by atoms with E-state index >= 15 is 0 Å². The molecule has 1 aliphatic heterocycles. The molecule has 1 fully saturated rings. The van der Waals surface area contributed by atoms with Gasteiger partial charge < -0.3 is 9.80 Å². The summed E-state index contributed by atoms with van der Waals surface area (Å²) < 4.78 is 1.91. The minimum atomic E-state index is 0.434. The molecular weight excluding hydrogens is 314 g/mol. The van der Waals surface area contributed by atoms with Gasteiger partial charge in [-0.1, -0.05) is 0 Å². The van der Waals surface area contributed by atoms with Crippen LogP contribution in [0.3, 0.4) is 0 Å². The standard InChI is InChI=1S/C18H21N7/c1-12-8-18(25-16(20-12)6-7-19-25)23(2)14-10-24(11-14)17-9-13-4-3-5-15(13)21-22-17/h6-9,14H,3-5,10-11H2,1-2H3. The molecule has 3 aromatic rings. The highest BCUT2D eigenvalue weighted by atomic mass is 15.4. The van der Waals surface area contributed by atoms with E-state index in [4.69, 9.17) is 0 Å². The van der Waals surface area contributed by atoms with E-state index in [1.165, 1.54) is 17.7 Å². The van der Waals surface area contributed by atoms with Crippen molar-refractivity contribution < 1.29 is 0 Å². The van der Waals surface area contributed by atoms with Crippen molar-refractivity contribution in [2.24, 2.45) is 0 Å². The van der Waals surface area contributed by atoms with E-state index in [2.05, 4.69) is 49.3 Å². The van der Waals surface area contributed by atoms with Crippen LogP contribution in [0.1, 0.15) is 23.4 Å². The summed E-state index contributed by atoms with van der Waals surface area (Å²) in [7, 11) is 2.13. The first-order valence-corrected chi connectivity index (χ1v) is 8.84. The lowest BCUT2D eigenvalue weighted by atomic mass is 10.1. The Morgan fingerprint density at radius 1 is 1.16 bits per heavy atom. The lowest BCUT2D eigenvalue weighted by Gasteiger charge is -2.45. The predicted octanol–water partition coefficient (Wildman–Crippen LogP) is 1.64. The van der Waals surface area contributed by atoms with E-state index in [9.17, 15) is 0 Å². The second kappa shape index (κ2) is 5.40. The van der Waals surface area contributed by atoms with Gasteiger partial charge in [-0.25, -0.2) is 4.98 Å². The summed E-state index contributed by atoms with van der Waals surface area (Å²) in [5.41, 5.74) is 4.47. The average molecular weight is 335 g/mol. The molecule has 1 saturated heterocycles. The fourth-order valence-corrected chi connectivity index (χ4v) is 3.82. The van der Waals surface area contributed by atoms with Gasteiger partial charge in [0.15, 0.2) is 11.5 Å². The number of rotatable bonds is 3. The van der Waals surface area contributed by atoms with Crippen molar-refractivity contribution in [1.29, 1.82) is 0 Å². The summed E-state index contributed by atoms with van der Waals surface area (Å²) in [6, 6.07) is 6.70. The van der Waals surface area contributed by atoms with Crippen molar-refractivity contribution in [3.05, 3.63) is 41.3 Å². The summed E-state index contributed by atoms with van der Waals surface area (Å²) in [6.45, 7) is 3.93. The van der Waals surface area contributed by atoms with Crippen molar-refractivity contribution in [3.63, 3.8) is 0 Å². The maximum Gasteiger partial charge on any atom is 0.157 e. The molecule has 7 heteroatoms. The van der Waals surface area contributed by atoms with Gasteiger partial charge in [-0.2, -0.15) is 14.7 Å². The van der Waals surface area contributed by atoms with Crippen molar-refractivity contribution in [3.8, 4) is 0 Å². The van der Waals surface area contributed by atoms with Crippen LogP contribution < -0.4 is 9.80 Å². The molecule has 0 spiro atoms. The second-order valence-electron chi connectivity index (χ2n) is 7.05. The van der Waals surface area contributed by atoms with Crippen LogP contribution >= 0.6 is 0 Å². The topological polar surface area (TPSA) is 62.5 Å². The predicted molar refractivity (Wildman–Crippen MR) is 96.2 cm³/mol. The quantitative estimate of drug-likeness (QED) is 0.725. The molecule has 25 heavy (non-hydrogen) atoms. The van der Waals surface area contributed by atoms with E-state index in [1.54, 1.807) is 6.20 Å². The molecule has 0 aromatic carbocycles. The number of fused-ring (bicyclic) bond motifs is 2. The molecule has 4 heterocycles. The maximum atomic E-state index is 4.52. The van der Waals surface area contributed by atoms with E-state index in [0.717, 1.165) is 48.9 Å². The van der Waals surface area contributed by atoms with Gasteiger partial charge in [0, 0.05) is 38.0 Å². The van der Waals surface area contributed by atoms with Gasteiger partial charge in [0.05, 0.1) is 17.9 Å². The number of likely N-dealkylation sites (N-methyl/N-ethyl adjacent to an activating group) is 1. The van der Waals surface area contributed by atoms with Crippen LogP contribution in [0, 0.1) is 6.92 Å². The van der Waals surface area contributed by atoms with E-state index in [0.29, 0.717) is 6.04 Å². The highest BCUT2D eigenvalue weighted by Crippen LogP contribution is 2.28. The number of anilines is 2. The normalized spacial score (nSPS) is 17.0. The zero-order chi connectivity index (χ0) is 17.0. The molecule has 0 bridgehead atoms. The minimum absolute atomic E-state index is 0.434. The highest BCUT2D eigenvalue weighted by molar-refractivity contribution is 5.54. The number of aryl methyl sites for hydroxylation is 3. The first-order valence-electron chi connectivity index (χ1n) is 8.84. The Morgan fingerprint density at radius 2 is 2.04 bits per heavy atom. The van der Waals surface area contributed by atoms with Crippen molar-refractivity contribution in [2.45, 2.75) is 32.2 Å². The van der Waals surface area contributed by atoms with Crippen LogP contribution in [0.5, 0.6) is 0 Å². The lowest BCUT2D eigenvalue weighted by molar-refractivity contribution is 0.484. The molecule has 2 aliphatic rings. The molecule has 7 nitrogen and oxygen atoms in total. The van der Waals surface area contributed by atoms with E-state index in [1.807, 2.05) is 17.5 Å². The van der Waals surface area contributed by atoms with Crippen molar-refractivity contribution >= 4 is 17.3 Å². The molecule has 1 aliphatic carbocycles. The molecule has 5 rings (SSSR count). The Balaban J connectivity index is 1.35. The van der Waals surface area contributed by atoms with Crippen molar-refractivity contribution in [2.75, 3.05) is 29.9 Å². The Labute approximate surface area is 146 Å². The number of aromatic nitrogens is 5. The van der Waals surface area contributed by atoms with Crippen LogP contribution in [0.4, 0.5) is 11.6 Å². The number of hydrogen-bond donors (Lipinski definition) is 0. The molecule has 0 unspecified atom stereocenters. The molecule has 0 amide bonds. The fourth-order valence-electron chi connectivity index (χ4n) is 3.82. The van der Waals surface area contributed by atoms with Crippen LogP contribution in [0.15, 0.2) is 24.4 Å². The third-order valence-electron chi connectivity index (χ3n) is 5.37. The van der Waals surface area contributed by atoms with E-state index < -0.39 is 0 Å². The van der Waals surface area contributed by atoms with Crippen LogP contribution in [-0.4, -0.2) is 51.0 Å². The van der Waals surface area contributed by atoms with Crippen molar-refractivity contribution in [1.82, 2.24) is 24.8 Å². The zero-order valence-electron chi connectivity index (χ0n) is 14.6. The van der Waals surface area contributed by atoms with Crippen LogP contribution in [-0.2, 0) is 12.8 Å². The summed E-state index contributed by atoms with van der Waals surface area (Å²) in [4.78, 5) is 9.13. The Kier molecular flexibility index (Phi) is 3.16. The summed E-state index contributed by atoms with van der Waals surface area (Å²) in [6.07, 6.45) is 5.23. The first kappa shape index (κ1) is 14.6. The summed E-state index contributed by atoms with van der Waals surface area (Å²) in [5.74, 6) is 2.10. The lowest BCUT2D eigenvalue weighted by Crippen LogP contribution is -2.59. The summed E-state index contributed by atoms with van der Waals surface area (Å²) >= 11 is 0.